The van der Waals surface area contributed by atoms with Crippen molar-refractivity contribution in [2.24, 2.45) is 0 Å². The van der Waals surface area contributed by atoms with Crippen molar-refractivity contribution in [3.05, 3.63) is 81.5 Å². The summed E-state index contributed by atoms with van der Waals surface area (Å²) >= 11 is 0. The predicted octanol–water partition coefficient (Wildman–Crippen LogP) is 3.80. The van der Waals surface area contributed by atoms with E-state index in [0.717, 1.165) is 11.1 Å². The van der Waals surface area contributed by atoms with Crippen LogP contribution in [0.1, 0.15) is 16.7 Å². The van der Waals surface area contributed by atoms with Gasteiger partial charge in [-0.3, -0.25) is 4.79 Å². The van der Waals surface area contributed by atoms with Gasteiger partial charge in [0.05, 0.1) is 19.9 Å². The quantitative estimate of drug-likeness (QED) is 0.758. The number of aromatic nitrogens is 2. The van der Waals surface area contributed by atoms with E-state index in [1.54, 1.807) is 30.7 Å². The number of nitrogens with zero attached hydrogens (tertiary/aromatic N) is 2. The van der Waals surface area contributed by atoms with Gasteiger partial charge in [0, 0.05) is 5.69 Å². The molecular weight excluding hydrogens is 333 g/mol. The smallest absolute Gasteiger partial charge is 0.316 e. The number of anilines is 2. The number of aryl methyl sites for hydroxylation is 2. The summed E-state index contributed by atoms with van der Waals surface area (Å²) in [5.41, 5.74) is 2.53. The monoisotopic (exact) mass is 353 g/mol. The number of nitrogens with one attached hydrogen (secondary N) is 1. The fourth-order valence-corrected chi connectivity index (χ4v) is 2.65. The Labute approximate surface area is 151 Å². The Morgan fingerprint density at radius 3 is 2.58 bits per heavy atom. The Bertz CT molecular complexity index is 984. The maximum Gasteiger partial charge on any atom is 0.316 e. The van der Waals surface area contributed by atoms with Crippen LogP contribution in [0.25, 0.3) is 0 Å². The van der Waals surface area contributed by atoms with Crippen molar-refractivity contribution in [3.63, 3.8) is 0 Å². The second-order valence-corrected chi connectivity index (χ2v) is 6.09. The molecule has 0 bridgehead atoms. The largest absolute Gasteiger partial charge is 0.490 e. The minimum Gasteiger partial charge on any atom is -0.490 e. The second kappa shape index (κ2) is 7.39. The minimum atomic E-state index is -0.462. The fourth-order valence-electron chi connectivity index (χ4n) is 2.65. The second-order valence-electron chi connectivity index (χ2n) is 6.09. The first kappa shape index (κ1) is 17.7. The molecule has 0 aliphatic rings. The highest BCUT2D eigenvalue weighted by Crippen LogP contribution is 2.23. The maximum atomic E-state index is 13.7. The number of hydrogen-bond donors (Lipinski definition) is 1. The van der Waals surface area contributed by atoms with E-state index >= 15 is 0 Å². The highest BCUT2D eigenvalue weighted by Gasteiger charge is 2.12. The van der Waals surface area contributed by atoms with E-state index in [0.29, 0.717) is 23.7 Å². The van der Waals surface area contributed by atoms with Gasteiger partial charge in [0.1, 0.15) is 5.82 Å². The summed E-state index contributed by atoms with van der Waals surface area (Å²) in [6.45, 7) is 4.00. The lowest BCUT2D eigenvalue weighted by Gasteiger charge is -2.17. The molecule has 6 heteroatoms. The summed E-state index contributed by atoms with van der Waals surface area (Å²) in [4.78, 5) is 16.2. The van der Waals surface area contributed by atoms with Crippen LogP contribution in [0.4, 0.5) is 16.0 Å². The SMILES string of the molecule is COc1cn(Cc2ccccc2)c(Nc2cc(C)c(F)cc2C)nc1=O. The number of methoxy groups -OCH3 is 1. The molecule has 3 aromatic rings. The van der Waals surface area contributed by atoms with Gasteiger partial charge in [0.15, 0.2) is 0 Å². The van der Waals surface area contributed by atoms with Gasteiger partial charge in [0.2, 0.25) is 11.7 Å². The normalized spacial score (nSPS) is 10.6. The zero-order valence-electron chi connectivity index (χ0n) is 14.9. The highest BCUT2D eigenvalue weighted by molar-refractivity contribution is 5.60. The molecule has 0 spiro atoms. The zero-order chi connectivity index (χ0) is 18.7. The van der Waals surface area contributed by atoms with E-state index in [4.69, 9.17) is 4.74 Å². The van der Waals surface area contributed by atoms with Gasteiger partial charge in [-0.25, -0.2) is 4.39 Å². The Hall–Kier alpha value is -3.15. The summed E-state index contributed by atoms with van der Waals surface area (Å²) in [5.74, 6) is 0.268. The molecule has 0 saturated heterocycles. The first-order valence-corrected chi connectivity index (χ1v) is 8.21. The molecule has 0 saturated carbocycles. The Morgan fingerprint density at radius 1 is 1.15 bits per heavy atom. The third kappa shape index (κ3) is 3.74. The zero-order valence-corrected chi connectivity index (χ0v) is 14.9. The summed E-state index contributed by atoms with van der Waals surface area (Å²) in [6.07, 6.45) is 1.62. The van der Waals surface area contributed by atoms with Gasteiger partial charge in [-0.05, 0) is 42.7 Å². The van der Waals surface area contributed by atoms with Gasteiger partial charge in [0.25, 0.3) is 0 Å². The topological polar surface area (TPSA) is 56.1 Å². The van der Waals surface area contributed by atoms with Crippen molar-refractivity contribution < 1.29 is 9.13 Å². The van der Waals surface area contributed by atoms with Crippen LogP contribution < -0.4 is 15.6 Å². The van der Waals surface area contributed by atoms with Crippen LogP contribution in [0.15, 0.2) is 53.5 Å². The molecule has 0 amide bonds. The van der Waals surface area contributed by atoms with E-state index < -0.39 is 5.56 Å². The van der Waals surface area contributed by atoms with Crippen LogP contribution in [0, 0.1) is 19.7 Å². The molecule has 1 heterocycles. The standard InChI is InChI=1S/C20H20FN3O2/c1-13-10-17(14(2)9-16(13)21)22-20-23-19(25)18(26-3)12-24(20)11-15-7-5-4-6-8-15/h4-10,12H,11H2,1-3H3,(H,22,23,25). The molecule has 0 aliphatic carbocycles. The van der Waals surface area contributed by atoms with Crippen LogP contribution in [0.2, 0.25) is 0 Å². The van der Waals surface area contributed by atoms with Gasteiger partial charge in [-0.1, -0.05) is 30.3 Å². The van der Waals surface area contributed by atoms with Crippen LogP contribution in [-0.4, -0.2) is 16.7 Å². The fraction of sp³-hybridized carbons (Fsp3) is 0.200. The predicted molar refractivity (Wildman–Crippen MR) is 99.7 cm³/mol. The Kier molecular flexibility index (Phi) is 5.02. The number of halogens is 1. The molecule has 1 aromatic heterocycles. The Balaban J connectivity index is 2.04. The molecule has 3 rings (SSSR count). The van der Waals surface area contributed by atoms with E-state index in [-0.39, 0.29) is 11.6 Å². The third-order valence-corrected chi connectivity index (χ3v) is 4.13. The van der Waals surface area contributed by atoms with Crippen molar-refractivity contribution in [1.29, 1.82) is 0 Å². The molecule has 0 aliphatic heterocycles. The summed E-state index contributed by atoms with van der Waals surface area (Å²) in [5, 5.41) is 3.15. The lowest BCUT2D eigenvalue weighted by atomic mass is 10.1. The average Bonchev–Trinajstić information content (AvgIpc) is 2.62. The van der Waals surface area contributed by atoms with Crippen molar-refractivity contribution >= 4 is 11.6 Å². The first-order valence-electron chi connectivity index (χ1n) is 8.21. The van der Waals surface area contributed by atoms with Crippen molar-refractivity contribution in [2.45, 2.75) is 20.4 Å². The molecule has 1 N–H and O–H groups in total. The van der Waals surface area contributed by atoms with Gasteiger partial charge >= 0.3 is 5.56 Å². The van der Waals surface area contributed by atoms with Gasteiger partial charge in [-0.15, -0.1) is 0 Å². The molecular formula is C20H20FN3O2. The summed E-state index contributed by atoms with van der Waals surface area (Å²) in [7, 11) is 1.44. The molecule has 0 atom stereocenters. The van der Waals surface area contributed by atoms with Crippen LogP contribution in [0.3, 0.4) is 0 Å². The molecule has 0 unspecified atom stereocenters. The molecule has 5 nitrogen and oxygen atoms in total. The van der Waals surface area contributed by atoms with Crippen LogP contribution in [-0.2, 0) is 6.54 Å². The third-order valence-electron chi connectivity index (χ3n) is 4.13. The van der Waals surface area contributed by atoms with E-state index in [1.807, 2.05) is 30.3 Å². The van der Waals surface area contributed by atoms with Crippen LogP contribution >= 0.6 is 0 Å². The summed E-state index contributed by atoms with van der Waals surface area (Å²) < 4.78 is 20.6. The Morgan fingerprint density at radius 2 is 1.88 bits per heavy atom. The van der Waals surface area contributed by atoms with Gasteiger partial charge < -0.3 is 14.6 Å². The average molecular weight is 353 g/mol. The van der Waals surface area contributed by atoms with E-state index in [9.17, 15) is 9.18 Å². The van der Waals surface area contributed by atoms with E-state index in [2.05, 4.69) is 10.3 Å². The van der Waals surface area contributed by atoms with Crippen molar-refractivity contribution in [1.82, 2.24) is 9.55 Å². The van der Waals surface area contributed by atoms with E-state index in [1.165, 1.54) is 13.2 Å². The molecule has 26 heavy (non-hydrogen) atoms. The first-order chi connectivity index (χ1) is 12.5. The summed E-state index contributed by atoms with van der Waals surface area (Å²) in [6, 6.07) is 13.0. The highest BCUT2D eigenvalue weighted by atomic mass is 19.1. The molecule has 0 radical (unpaired) electrons. The lowest BCUT2D eigenvalue weighted by molar-refractivity contribution is 0.402. The minimum absolute atomic E-state index is 0.165. The number of hydrogen-bond acceptors (Lipinski definition) is 4. The van der Waals surface area contributed by atoms with Crippen LogP contribution in [0.5, 0.6) is 5.75 Å². The van der Waals surface area contributed by atoms with Crippen molar-refractivity contribution in [2.75, 3.05) is 12.4 Å². The molecule has 134 valence electrons. The van der Waals surface area contributed by atoms with Gasteiger partial charge in [-0.2, -0.15) is 4.98 Å². The number of ether oxygens (including phenoxy) is 1. The molecule has 0 fully saturated rings. The lowest BCUT2D eigenvalue weighted by Crippen LogP contribution is -2.19. The molecule has 2 aromatic carbocycles. The number of benzene rings is 2. The number of rotatable bonds is 5. The van der Waals surface area contributed by atoms with Crippen molar-refractivity contribution in [3.8, 4) is 5.75 Å². The maximum absolute atomic E-state index is 13.7.